The number of anilines is 1. The lowest BCUT2D eigenvalue weighted by Crippen LogP contribution is -2.41. The van der Waals surface area contributed by atoms with E-state index in [1.54, 1.807) is 55.3 Å². The van der Waals surface area contributed by atoms with Gasteiger partial charge in [0.2, 0.25) is 5.91 Å². The third-order valence-electron chi connectivity index (χ3n) is 7.07. The second-order valence-electron chi connectivity index (χ2n) is 9.18. The Kier molecular flexibility index (Phi) is 7.22. The lowest BCUT2D eigenvalue weighted by Gasteiger charge is -2.31. The van der Waals surface area contributed by atoms with E-state index in [9.17, 15) is 14.7 Å². The van der Waals surface area contributed by atoms with Crippen molar-refractivity contribution in [3.63, 3.8) is 0 Å². The molecule has 0 aliphatic carbocycles. The lowest BCUT2D eigenvalue weighted by molar-refractivity contribution is -0.119. The molecule has 0 aromatic heterocycles. The van der Waals surface area contributed by atoms with E-state index in [4.69, 9.17) is 14.2 Å². The molecule has 198 valence electrons. The van der Waals surface area contributed by atoms with E-state index in [1.807, 2.05) is 37.3 Å². The zero-order valence-corrected chi connectivity index (χ0v) is 21.5. The van der Waals surface area contributed by atoms with E-state index in [1.165, 1.54) is 0 Å². The van der Waals surface area contributed by atoms with Crippen molar-refractivity contribution in [3.8, 4) is 17.2 Å². The Bertz CT molecular complexity index is 1310. The molecule has 1 amide bonds. The van der Waals surface area contributed by atoms with Crippen molar-refractivity contribution >= 4 is 17.6 Å². The zero-order chi connectivity index (χ0) is 26.8. The van der Waals surface area contributed by atoms with Gasteiger partial charge in [0.15, 0.2) is 11.5 Å². The van der Waals surface area contributed by atoms with Gasteiger partial charge in [-0.05, 0) is 73.5 Å². The number of phenolic OH excluding ortho intramolecular Hbond substituents is 1. The summed E-state index contributed by atoms with van der Waals surface area (Å²) in [5, 5.41) is 10.4. The van der Waals surface area contributed by atoms with Gasteiger partial charge in [-0.2, -0.15) is 0 Å². The summed E-state index contributed by atoms with van der Waals surface area (Å²) in [5.41, 5.74) is 9.44. The van der Waals surface area contributed by atoms with Crippen LogP contribution in [0, 0.1) is 5.92 Å². The molecule has 9 nitrogen and oxygen atoms in total. The number of carbonyl (C=O) groups excluding carboxylic acids is 2. The van der Waals surface area contributed by atoms with Gasteiger partial charge in [-0.15, -0.1) is 0 Å². The van der Waals surface area contributed by atoms with Crippen LogP contribution in [0.3, 0.4) is 0 Å². The Balaban J connectivity index is 1.58. The van der Waals surface area contributed by atoms with Crippen LogP contribution in [0.25, 0.3) is 0 Å². The second-order valence-corrected chi connectivity index (χ2v) is 9.18. The summed E-state index contributed by atoms with van der Waals surface area (Å²) in [6.07, 6.45) is 0. The van der Waals surface area contributed by atoms with Gasteiger partial charge in [-0.25, -0.2) is 15.6 Å². The number of phenols is 1. The van der Waals surface area contributed by atoms with Crippen molar-refractivity contribution in [2.75, 3.05) is 25.2 Å². The summed E-state index contributed by atoms with van der Waals surface area (Å²) < 4.78 is 16.1. The molecular formula is C29H31N3O6. The van der Waals surface area contributed by atoms with Crippen LogP contribution < -0.4 is 25.2 Å². The van der Waals surface area contributed by atoms with Crippen LogP contribution in [0.2, 0.25) is 0 Å². The van der Waals surface area contributed by atoms with Gasteiger partial charge in [-0.1, -0.05) is 18.2 Å². The van der Waals surface area contributed by atoms with Gasteiger partial charge in [0.1, 0.15) is 11.8 Å². The minimum Gasteiger partial charge on any atom is -0.504 e. The molecule has 2 aliphatic heterocycles. The third-order valence-corrected chi connectivity index (χ3v) is 7.07. The van der Waals surface area contributed by atoms with Crippen molar-refractivity contribution in [2.24, 2.45) is 5.92 Å². The van der Waals surface area contributed by atoms with Crippen LogP contribution in [0.1, 0.15) is 47.4 Å². The maximum Gasteiger partial charge on any atom is 0.338 e. The maximum atomic E-state index is 13.9. The fourth-order valence-corrected chi connectivity index (χ4v) is 5.35. The van der Waals surface area contributed by atoms with E-state index in [0.29, 0.717) is 23.6 Å². The molecule has 4 atom stereocenters. The Hall–Kier alpha value is -4.08. The Morgan fingerprint density at radius 3 is 2.26 bits per heavy atom. The summed E-state index contributed by atoms with van der Waals surface area (Å²) in [6, 6.07) is 18.8. The third kappa shape index (κ3) is 4.55. The summed E-state index contributed by atoms with van der Waals surface area (Å²) in [4.78, 5) is 27.8. The molecule has 2 saturated heterocycles. The Morgan fingerprint density at radius 2 is 1.61 bits per heavy atom. The van der Waals surface area contributed by atoms with Crippen LogP contribution in [0.15, 0.2) is 66.7 Å². The highest BCUT2D eigenvalue weighted by Gasteiger charge is 2.56. The number of amides is 1. The van der Waals surface area contributed by atoms with Crippen LogP contribution >= 0.6 is 0 Å². The van der Waals surface area contributed by atoms with Crippen LogP contribution in [-0.4, -0.2) is 43.3 Å². The molecule has 0 saturated carbocycles. The van der Waals surface area contributed by atoms with Crippen molar-refractivity contribution < 1.29 is 28.9 Å². The van der Waals surface area contributed by atoms with E-state index in [-0.39, 0.29) is 30.2 Å². The predicted molar refractivity (Wildman–Crippen MR) is 141 cm³/mol. The first-order valence-electron chi connectivity index (χ1n) is 12.7. The number of aromatic hydroxyl groups is 1. The SMILES string of the molecule is CCOC(=O)c1ccc(N2C(=O)C3NNC(c4ccc(OC)cc4)C3C2c2ccc(O)c(OCC)c2)cc1. The monoisotopic (exact) mass is 517 g/mol. The number of fused-ring (bicyclic) bond motifs is 1. The van der Waals surface area contributed by atoms with Crippen LogP contribution in [-0.2, 0) is 9.53 Å². The Labute approximate surface area is 221 Å². The highest BCUT2D eigenvalue weighted by molar-refractivity contribution is 6.02. The quantitative estimate of drug-likeness (QED) is 0.386. The smallest absolute Gasteiger partial charge is 0.338 e. The minimum atomic E-state index is -0.499. The first-order chi connectivity index (χ1) is 18.5. The summed E-state index contributed by atoms with van der Waals surface area (Å²) in [7, 11) is 1.62. The molecule has 3 aromatic carbocycles. The number of hydrogen-bond acceptors (Lipinski definition) is 8. The van der Waals surface area contributed by atoms with Gasteiger partial charge < -0.3 is 24.2 Å². The number of nitrogens with one attached hydrogen (secondary N) is 2. The lowest BCUT2D eigenvalue weighted by atomic mass is 9.83. The summed E-state index contributed by atoms with van der Waals surface area (Å²) >= 11 is 0. The number of esters is 1. The number of hydrazine groups is 1. The molecule has 0 bridgehead atoms. The predicted octanol–water partition coefficient (Wildman–Crippen LogP) is 3.90. The first kappa shape index (κ1) is 25.6. The molecular weight excluding hydrogens is 486 g/mol. The number of carbonyl (C=O) groups is 2. The number of ether oxygens (including phenoxy) is 3. The van der Waals surface area contributed by atoms with E-state index >= 15 is 0 Å². The molecule has 9 heteroatoms. The molecule has 3 N–H and O–H groups in total. The van der Waals surface area contributed by atoms with Crippen molar-refractivity contribution in [3.05, 3.63) is 83.4 Å². The zero-order valence-electron chi connectivity index (χ0n) is 21.5. The maximum absolute atomic E-state index is 13.9. The fourth-order valence-electron chi connectivity index (χ4n) is 5.35. The summed E-state index contributed by atoms with van der Waals surface area (Å²) in [6.45, 7) is 4.28. The van der Waals surface area contributed by atoms with Gasteiger partial charge in [0, 0.05) is 11.6 Å². The molecule has 0 radical (unpaired) electrons. The largest absolute Gasteiger partial charge is 0.504 e. The molecule has 0 spiro atoms. The topological polar surface area (TPSA) is 109 Å². The molecule has 2 fully saturated rings. The van der Waals surface area contributed by atoms with Gasteiger partial charge in [0.05, 0.1) is 38.0 Å². The molecule has 2 heterocycles. The van der Waals surface area contributed by atoms with E-state index in [0.717, 1.165) is 16.9 Å². The normalized spacial score (nSPS) is 22.3. The van der Waals surface area contributed by atoms with Crippen LogP contribution in [0.4, 0.5) is 5.69 Å². The molecule has 3 aromatic rings. The Morgan fingerprint density at radius 1 is 0.921 bits per heavy atom. The van der Waals surface area contributed by atoms with Gasteiger partial charge >= 0.3 is 5.97 Å². The highest BCUT2D eigenvalue weighted by Crippen LogP contribution is 2.50. The van der Waals surface area contributed by atoms with Gasteiger partial charge in [-0.3, -0.25) is 4.79 Å². The van der Waals surface area contributed by atoms with Crippen molar-refractivity contribution in [2.45, 2.75) is 32.0 Å². The number of rotatable bonds is 8. The first-order valence-corrected chi connectivity index (χ1v) is 12.7. The van der Waals surface area contributed by atoms with Crippen molar-refractivity contribution in [1.82, 2.24) is 10.9 Å². The van der Waals surface area contributed by atoms with Gasteiger partial charge in [0.25, 0.3) is 0 Å². The van der Waals surface area contributed by atoms with E-state index in [2.05, 4.69) is 10.9 Å². The van der Waals surface area contributed by atoms with Crippen LogP contribution in [0.5, 0.6) is 17.2 Å². The number of nitrogens with zero attached hydrogens (tertiary/aromatic N) is 1. The molecule has 4 unspecified atom stereocenters. The number of hydrogen-bond donors (Lipinski definition) is 3. The number of benzene rings is 3. The van der Waals surface area contributed by atoms with Crippen molar-refractivity contribution in [1.29, 1.82) is 0 Å². The second kappa shape index (κ2) is 10.7. The molecule has 5 rings (SSSR count). The number of methoxy groups -OCH3 is 1. The minimum absolute atomic E-state index is 0.0381. The van der Waals surface area contributed by atoms with E-state index < -0.39 is 18.1 Å². The highest BCUT2D eigenvalue weighted by atomic mass is 16.5. The average Bonchev–Trinajstić information content (AvgIpc) is 3.49. The molecule has 38 heavy (non-hydrogen) atoms. The standard InChI is InChI=1S/C29H31N3O6/c1-4-37-23-16-19(10-15-22(23)33)27-24-25(17-8-13-21(36-3)14-9-17)30-31-26(24)28(34)32(27)20-11-6-18(7-12-20)29(35)38-5-2/h6-16,24-27,30-31,33H,4-5H2,1-3H3. The molecule has 2 aliphatic rings. The fraction of sp³-hybridized carbons (Fsp3) is 0.310. The summed E-state index contributed by atoms with van der Waals surface area (Å²) in [5.74, 6) is 0.441. The average molecular weight is 518 g/mol.